The van der Waals surface area contributed by atoms with Gasteiger partial charge in [-0.2, -0.15) is 0 Å². The minimum Gasteiger partial charge on any atom is -0.310 e. The summed E-state index contributed by atoms with van der Waals surface area (Å²) in [6.07, 6.45) is 6.38. The van der Waals surface area contributed by atoms with Crippen LogP contribution in [-0.2, 0) is 6.42 Å². The smallest absolute Gasteiger partial charge is 0.146 e. The Balaban J connectivity index is 2.01. The van der Waals surface area contributed by atoms with Crippen LogP contribution in [0.25, 0.3) is 0 Å². The quantitative estimate of drug-likeness (QED) is 0.918. The van der Waals surface area contributed by atoms with E-state index in [1.807, 2.05) is 0 Å². The summed E-state index contributed by atoms with van der Waals surface area (Å²) in [5, 5.41) is 3.48. The van der Waals surface area contributed by atoms with Crippen LogP contribution in [-0.4, -0.2) is 11.5 Å². The third-order valence-electron chi connectivity index (χ3n) is 4.38. The van der Waals surface area contributed by atoms with Gasteiger partial charge in [0.15, 0.2) is 0 Å². The van der Waals surface area contributed by atoms with Crippen molar-refractivity contribution in [1.29, 1.82) is 0 Å². The zero-order valence-electron chi connectivity index (χ0n) is 12.3. The molecular weight excluding hydrogens is 263 g/mol. The second kappa shape index (κ2) is 6.35. The molecule has 110 valence electrons. The number of pyridine rings is 1. The largest absolute Gasteiger partial charge is 0.310 e. The van der Waals surface area contributed by atoms with Gasteiger partial charge in [0, 0.05) is 23.7 Å². The number of rotatable bonds is 4. The molecule has 0 saturated carbocycles. The predicted octanol–water partition coefficient (Wildman–Crippen LogP) is 3.99. The maximum Gasteiger partial charge on any atom is 0.146 e. The van der Waals surface area contributed by atoms with Gasteiger partial charge < -0.3 is 5.32 Å². The molecule has 2 nitrogen and oxygen atoms in total. The van der Waals surface area contributed by atoms with Gasteiger partial charge in [-0.3, -0.25) is 4.98 Å². The molecule has 21 heavy (non-hydrogen) atoms. The van der Waals surface area contributed by atoms with Crippen molar-refractivity contribution in [3.05, 3.63) is 65.2 Å². The number of fused-ring (bicyclic) bond motifs is 1. The van der Waals surface area contributed by atoms with E-state index in [2.05, 4.69) is 41.5 Å². The van der Waals surface area contributed by atoms with E-state index in [1.165, 1.54) is 17.3 Å². The molecule has 3 heteroatoms. The van der Waals surface area contributed by atoms with Crippen LogP contribution in [0.5, 0.6) is 0 Å². The van der Waals surface area contributed by atoms with Crippen molar-refractivity contribution in [3.8, 4) is 0 Å². The average molecular weight is 284 g/mol. The first-order chi connectivity index (χ1) is 10.3. The number of hydrogen-bond acceptors (Lipinski definition) is 2. The van der Waals surface area contributed by atoms with Crippen molar-refractivity contribution < 1.29 is 4.39 Å². The highest BCUT2D eigenvalue weighted by Gasteiger charge is 2.29. The SMILES string of the molecule is CCNC(c1ccncc1F)C1CCCc2ccccc21. The van der Waals surface area contributed by atoms with Crippen molar-refractivity contribution in [1.82, 2.24) is 10.3 Å². The van der Waals surface area contributed by atoms with E-state index in [9.17, 15) is 4.39 Å². The van der Waals surface area contributed by atoms with Gasteiger partial charge in [0.2, 0.25) is 0 Å². The molecule has 1 aromatic carbocycles. The fourth-order valence-electron chi connectivity index (χ4n) is 3.46. The third-order valence-corrected chi connectivity index (χ3v) is 4.38. The first-order valence-corrected chi connectivity index (χ1v) is 7.72. The Morgan fingerprint density at radius 2 is 2.19 bits per heavy atom. The first-order valence-electron chi connectivity index (χ1n) is 7.72. The Morgan fingerprint density at radius 3 is 3.00 bits per heavy atom. The second-order valence-corrected chi connectivity index (χ2v) is 5.63. The van der Waals surface area contributed by atoms with Crippen LogP contribution in [0.2, 0.25) is 0 Å². The van der Waals surface area contributed by atoms with Crippen LogP contribution >= 0.6 is 0 Å². The number of benzene rings is 1. The molecular formula is C18H21FN2. The first kappa shape index (κ1) is 14.2. The highest BCUT2D eigenvalue weighted by Crippen LogP contribution is 2.40. The summed E-state index contributed by atoms with van der Waals surface area (Å²) < 4.78 is 14.2. The molecule has 2 aromatic rings. The Hall–Kier alpha value is -1.74. The Morgan fingerprint density at radius 1 is 1.33 bits per heavy atom. The molecule has 1 heterocycles. The van der Waals surface area contributed by atoms with E-state index in [0.29, 0.717) is 5.92 Å². The monoisotopic (exact) mass is 284 g/mol. The summed E-state index contributed by atoms with van der Waals surface area (Å²) in [6, 6.07) is 10.4. The molecule has 0 bridgehead atoms. The van der Waals surface area contributed by atoms with Gasteiger partial charge in [-0.1, -0.05) is 31.2 Å². The highest BCUT2D eigenvalue weighted by atomic mass is 19.1. The Bertz CT molecular complexity index is 612. The number of hydrogen-bond donors (Lipinski definition) is 1. The summed E-state index contributed by atoms with van der Waals surface area (Å²) in [7, 11) is 0. The maximum atomic E-state index is 14.2. The zero-order valence-corrected chi connectivity index (χ0v) is 12.3. The maximum absolute atomic E-state index is 14.2. The molecule has 1 aliphatic rings. The minimum atomic E-state index is -0.216. The third kappa shape index (κ3) is 2.84. The van der Waals surface area contributed by atoms with Crippen molar-refractivity contribution in [2.24, 2.45) is 0 Å². The summed E-state index contributed by atoms with van der Waals surface area (Å²) >= 11 is 0. The molecule has 0 saturated heterocycles. The molecule has 1 N–H and O–H groups in total. The molecule has 2 unspecified atom stereocenters. The molecule has 0 radical (unpaired) electrons. The number of nitrogens with one attached hydrogen (secondary N) is 1. The number of aryl methyl sites for hydroxylation is 1. The van der Waals surface area contributed by atoms with E-state index in [1.54, 1.807) is 12.3 Å². The van der Waals surface area contributed by atoms with Gasteiger partial charge in [0.05, 0.1) is 6.20 Å². The number of halogens is 1. The summed E-state index contributed by atoms with van der Waals surface area (Å²) in [4.78, 5) is 3.87. The minimum absolute atomic E-state index is 0.0134. The standard InChI is InChI=1S/C18H21FN2/c1-2-21-18(16-10-11-20-12-17(16)19)15-9-5-7-13-6-3-4-8-14(13)15/h3-4,6,8,10-12,15,18,21H,2,5,7,9H2,1H3. The summed E-state index contributed by atoms with van der Waals surface area (Å²) in [6.45, 7) is 2.89. The van der Waals surface area contributed by atoms with Crippen LogP contribution in [0, 0.1) is 5.82 Å². The topological polar surface area (TPSA) is 24.9 Å². The van der Waals surface area contributed by atoms with Crippen LogP contribution < -0.4 is 5.32 Å². The molecule has 0 aliphatic heterocycles. The van der Waals surface area contributed by atoms with Crippen molar-refractivity contribution in [2.45, 2.75) is 38.1 Å². The lowest BCUT2D eigenvalue weighted by atomic mass is 9.77. The van der Waals surface area contributed by atoms with Gasteiger partial charge in [0.25, 0.3) is 0 Å². The van der Waals surface area contributed by atoms with Crippen LogP contribution in [0.1, 0.15) is 48.4 Å². The van der Waals surface area contributed by atoms with Gasteiger partial charge in [0.1, 0.15) is 5.82 Å². The average Bonchev–Trinajstić information content (AvgIpc) is 2.53. The molecule has 3 rings (SSSR count). The normalized spacial score (nSPS) is 19.0. The van der Waals surface area contributed by atoms with E-state index < -0.39 is 0 Å². The van der Waals surface area contributed by atoms with Crippen molar-refractivity contribution in [2.75, 3.05) is 6.54 Å². The molecule has 2 atom stereocenters. The van der Waals surface area contributed by atoms with Gasteiger partial charge in [-0.15, -0.1) is 0 Å². The van der Waals surface area contributed by atoms with E-state index >= 15 is 0 Å². The fraction of sp³-hybridized carbons (Fsp3) is 0.389. The zero-order chi connectivity index (χ0) is 14.7. The van der Waals surface area contributed by atoms with Crippen LogP contribution in [0.15, 0.2) is 42.7 Å². The molecule has 0 spiro atoms. The van der Waals surface area contributed by atoms with Crippen LogP contribution in [0.4, 0.5) is 4.39 Å². The van der Waals surface area contributed by atoms with Gasteiger partial charge in [-0.05, 0) is 43.0 Å². The number of likely N-dealkylation sites (N-methyl/N-ethyl adjacent to an activating group) is 1. The lowest BCUT2D eigenvalue weighted by Gasteiger charge is -2.33. The highest BCUT2D eigenvalue weighted by molar-refractivity contribution is 5.36. The lowest BCUT2D eigenvalue weighted by Crippen LogP contribution is -2.30. The van der Waals surface area contributed by atoms with Crippen molar-refractivity contribution in [3.63, 3.8) is 0 Å². The molecule has 0 fully saturated rings. The van der Waals surface area contributed by atoms with E-state index in [4.69, 9.17) is 0 Å². The molecule has 1 aromatic heterocycles. The van der Waals surface area contributed by atoms with Crippen molar-refractivity contribution >= 4 is 0 Å². The Kier molecular flexibility index (Phi) is 4.30. The second-order valence-electron chi connectivity index (χ2n) is 5.63. The van der Waals surface area contributed by atoms with Gasteiger partial charge in [-0.25, -0.2) is 4.39 Å². The number of nitrogens with zero attached hydrogens (tertiary/aromatic N) is 1. The number of aromatic nitrogens is 1. The van der Waals surface area contributed by atoms with Crippen LogP contribution in [0.3, 0.4) is 0 Å². The molecule has 0 amide bonds. The van der Waals surface area contributed by atoms with E-state index in [0.717, 1.165) is 31.4 Å². The lowest BCUT2D eigenvalue weighted by molar-refractivity contribution is 0.395. The molecule has 1 aliphatic carbocycles. The summed E-state index contributed by atoms with van der Waals surface area (Å²) in [5.41, 5.74) is 3.51. The summed E-state index contributed by atoms with van der Waals surface area (Å²) in [5.74, 6) is 0.110. The Labute approximate surface area is 125 Å². The predicted molar refractivity (Wildman–Crippen MR) is 82.7 cm³/mol. The van der Waals surface area contributed by atoms with E-state index in [-0.39, 0.29) is 11.9 Å². The fourth-order valence-corrected chi connectivity index (χ4v) is 3.46. The van der Waals surface area contributed by atoms with Gasteiger partial charge >= 0.3 is 0 Å².